The van der Waals surface area contributed by atoms with Crippen molar-refractivity contribution >= 4 is 11.4 Å². The number of rotatable bonds is 5. The molecule has 4 rings (SSSR count). The van der Waals surface area contributed by atoms with Gasteiger partial charge in [0.2, 0.25) is 0 Å². The molecule has 0 bridgehead atoms. The summed E-state index contributed by atoms with van der Waals surface area (Å²) in [6.07, 6.45) is 2.38. The predicted molar refractivity (Wildman–Crippen MR) is 124 cm³/mol. The summed E-state index contributed by atoms with van der Waals surface area (Å²) in [6, 6.07) is 28.2. The van der Waals surface area contributed by atoms with Crippen LogP contribution in [0, 0.1) is 0 Å². The zero-order chi connectivity index (χ0) is 20.4. The van der Waals surface area contributed by atoms with Gasteiger partial charge in [-0.05, 0) is 52.3 Å². The largest absolute Gasteiger partial charge is 0.297 e. The van der Waals surface area contributed by atoms with Crippen molar-refractivity contribution < 1.29 is 0 Å². The molecule has 1 atom stereocenters. The number of anilines is 1. The van der Waals surface area contributed by atoms with Gasteiger partial charge >= 0.3 is 0 Å². The lowest BCUT2D eigenvalue weighted by Gasteiger charge is -2.32. The number of nitrogens with zero attached hydrogens (tertiary/aromatic N) is 1. The summed E-state index contributed by atoms with van der Waals surface area (Å²) in [5.41, 5.74) is 11.5. The lowest BCUT2D eigenvalue weighted by atomic mass is 9.84. The number of hydrazine groups is 1. The molecule has 0 fully saturated rings. The smallest absolute Gasteiger partial charge is 0.0963 e. The van der Waals surface area contributed by atoms with E-state index in [4.69, 9.17) is 0 Å². The third-order valence-corrected chi connectivity index (χ3v) is 5.68. The minimum atomic E-state index is 0.142. The van der Waals surface area contributed by atoms with E-state index < -0.39 is 0 Å². The summed E-state index contributed by atoms with van der Waals surface area (Å²) in [5, 5.41) is 2.31. The van der Waals surface area contributed by atoms with Gasteiger partial charge < -0.3 is 0 Å². The molecule has 29 heavy (non-hydrogen) atoms. The molecular formula is C27H30N2. The molecule has 0 radical (unpaired) electrons. The van der Waals surface area contributed by atoms with Crippen molar-refractivity contribution in [2.45, 2.75) is 45.6 Å². The highest BCUT2D eigenvalue weighted by molar-refractivity contribution is 5.72. The van der Waals surface area contributed by atoms with Crippen molar-refractivity contribution in [3.05, 3.63) is 107 Å². The molecule has 1 aliphatic rings. The quantitative estimate of drug-likeness (QED) is 0.509. The van der Waals surface area contributed by atoms with E-state index in [0.29, 0.717) is 11.8 Å². The van der Waals surface area contributed by atoms with Crippen molar-refractivity contribution in [1.29, 1.82) is 0 Å². The van der Waals surface area contributed by atoms with Crippen LogP contribution in [0.2, 0.25) is 0 Å². The fourth-order valence-electron chi connectivity index (χ4n) is 4.22. The standard InChI is InChI=1S/C27H30N2/c1-19(2)23-16-11-17-24(20(3)4)27(23)26-18-25(21-12-7-5-8-13-21)28-29(26)22-14-9-6-10-15-22/h5-20,26,28H,1-4H3. The molecule has 1 N–H and O–H groups in total. The first kappa shape index (κ1) is 19.3. The zero-order valence-electron chi connectivity index (χ0n) is 17.8. The number of benzene rings is 3. The second-order valence-corrected chi connectivity index (χ2v) is 8.37. The Morgan fingerprint density at radius 1 is 0.690 bits per heavy atom. The van der Waals surface area contributed by atoms with Crippen LogP contribution in [0.25, 0.3) is 5.70 Å². The third-order valence-electron chi connectivity index (χ3n) is 5.68. The lowest BCUT2D eigenvalue weighted by Crippen LogP contribution is -2.35. The molecule has 148 valence electrons. The molecule has 3 aromatic rings. The lowest BCUT2D eigenvalue weighted by molar-refractivity contribution is 0.688. The van der Waals surface area contributed by atoms with Crippen LogP contribution in [0.1, 0.15) is 67.8 Å². The minimum Gasteiger partial charge on any atom is -0.297 e. The van der Waals surface area contributed by atoms with Gasteiger partial charge in [0.1, 0.15) is 0 Å². The molecule has 0 amide bonds. The van der Waals surface area contributed by atoms with Gasteiger partial charge in [-0.3, -0.25) is 10.4 Å². The Balaban J connectivity index is 1.89. The average molecular weight is 383 g/mol. The molecular weight excluding hydrogens is 352 g/mol. The Hall–Kier alpha value is -3.00. The summed E-state index contributed by atoms with van der Waals surface area (Å²) >= 11 is 0. The maximum absolute atomic E-state index is 3.70. The van der Waals surface area contributed by atoms with Crippen LogP contribution in [-0.2, 0) is 0 Å². The van der Waals surface area contributed by atoms with E-state index in [9.17, 15) is 0 Å². The summed E-state index contributed by atoms with van der Waals surface area (Å²) in [7, 11) is 0. The Morgan fingerprint density at radius 2 is 1.24 bits per heavy atom. The monoisotopic (exact) mass is 382 g/mol. The maximum Gasteiger partial charge on any atom is 0.0963 e. The van der Waals surface area contributed by atoms with Crippen LogP contribution < -0.4 is 10.4 Å². The molecule has 0 saturated heterocycles. The third kappa shape index (κ3) is 3.80. The van der Waals surface area contributed by atoms with E-state index >= 15 is 0 Å². The van der Waals surface area contributed by atoms with Crippen LogP contribution >= 0.6 is 0 Å². The van der Waals surface area contributed by atoms with Crippen LogP contribution in [0.3, 0.4) is 0 Å². The molecule has 1 unspecified atom stereocenters. The zero-order valence-corrected chi connectivity index (χ0v) is 17.8. The minimum absolute atomic E-state index is 0.142. The number of hydrogen-bond donors (Lipinski definition) is 1. The molecule has 1 heterocycles. The van der Waals surface area contributed by atoms with Crippen LogP contribution in [0.15, 0.2) is 84.9 Å². The van der Waals surface area contributed by atoms with Crippen molar-refractivity contribution in [3.63, 3.8) is 0 Å². The first-order valence-electron chi connectivity index (χ1n) is 10.6. The Labute approximate surface area is 174 Å². The normalized spacial score (nSPS) is 16.3. The van der Waals surface area contributed by atoms with E-state index in [1.165, 1.54) is 27.9 Å². The highest BCUT2D eigenvalue weighted by Crippen LogP contribution is 2.41. The average Bonchev–Trinajstić information content (AvgIpc) is 3.19. The van der Waals surface area contributed by atoms with Gasteiger partial charge in [0, 0.05) is 0 Å². The summed E-state index contributed by atoms with van der Waals surface area (Å²) in [6.45, 7) is 9.17. The molecule has 3 aromatic carbocycles. The molecule has 0 aromatic heterocycles. The van der Waals surface area contributed by atoms with E-state index in [-0.39, 0.29) is 6.04 Å². The number of nitrogens with one attached hydrogen (secondary N) is 1. The van der Waals surface area contributed by atoms with Crippen molar-refractivity contribution in [3.8, 4) is 0 Å². The second kappa shape index (κ2) is 8.16. The van der Waals surface area contributed by atoms with E-state index in [1.54, 1.807) is 0 Å². The number of para-hydroxylation sites is 1. The first-order chi connectivity index (χ1) is 14.1. The van der Waals surface area contributed by atoms with Gasteiger partial charge in [0.05, 0.1) is 17.4 Å². The van der Waals surface area contributed by atoms with Crippen molar-refractivity contribution in [2.24, 2.45) is 0 Å². The molecule has 2 nitrogen and oxygen atoms in total. The Bertz CT molecular complexity index is 961. The topological polar surface area (TPSA) is 15.3 Å². The first-order valence-corrected chi connectivity index (χ1v) is 10.6. The van der Waals surface area contributed by atoms with Crippen LogP contribution in [0.5, 0.6) is 0 Å². The highest BCUT2D eigenvalue weighted by atomic mass is 15.5. The van der Waals surface area contributed by atoms with Crippen molar-refractivity contribution in [1.82, 2.24) is 5.43 Å². The fraction of sp³-hybridized carbons (Fsp3) is 0.259. The number of hydrogen-bond acceptors (Lipinski definition) is 2. The molecule has 0 spiro atoms. The molecule has 0 aliphatic carbocycles. The van der Waals surface area contributed by atoms with Crippen molar-refractivity contribution in [2.75, 3.05) is 5.01 Å². The highest BCUT2D eigenvalue weighted by Gasteiger charge is 2.31. The van der Waals surface area contributed by atoms with E-state index in [0.717, 1.165) is 5.70 Å². The molecule has 1 aliphatic heterocycles. The van der Waals surface area contributed by atoms with Gasteiger partial charge in [-0.1, -0.05) is 94.4 Å². The SMILES string of the molecule is CC(C)c1cccc(C(C)C)c1C1C=C(c2ccccc2)NN1c1ccccc1. The van der Waals surface area contributed by atoms with Gasteiger partial charge in [-0.25, -0.2) is 0 Å². The second-order valence-electron chi connectivity index (χ2n) is 8.37. The Kier molecular flexibility index (Phi) is 5.44. The van der Waals surface area contributed by atoms with Gasteiger partial charge in [-0.2, -0.15) is 0 Å². The van der Waals surface area contributed by atoms with E-state index in [2.05, 4.69) is 123 Å². The summed E-state index contributed by atoms with van der Waals surface area (Å²) in [4.78, 5) is 0. The molecule has 2 heteroatoms. The van der Waals surface area contributed by atoms with Crippen LogP contribution in [0.4, 0.5) is 5.69 Å². The van der Waals surface area contributed by atoms with Gasteiger partial charge in [0.15, 0.2) is 0 Å². The fourth-order valence-corrected chi connectivity index (χ4v) is 4.22. The van der Waals surface area contributed by atoms with E-state index in [1.807, 2.05) is 0 Å². The Morgan fingerprint density at radius 3 is 1.79 bits per heavy atom. The summed E-state index contributed by atoms with van der Waals surface area (Å²) in [5.74, 6) is 0.936. The predicted octanol–water partition coefficient (Wildman–Crippen LogP) is 7.04. The van der Waals surface area contributed by atoms with Gasteiger partial charge in [0.25, 0.3) is 0 Å². The van der Waals surface area contributed by atoms with Gasteiger partial charge in [-0.15, -0.1) is 0 Å². The molecule has 0 saturated carbocycles. The van der Waals surface area contributed by atoms with Crippen LogP contribution in [-0.4, -0.2) is 0 Å². The summed E-state index contributed by atoms with van der Waals surface area (Å²) < 4.78 is 0. The maximum atomic E-state index is 3.70.